The molecule has 0 fully saturated rings. The Morgan fingerprint density at radius 3 is 2.56 bits per heavy atom. The first kappa shape index (κ1) is 15.0. The van der Waals surface area contributed by atoms with Crippen molar-refractivity contribution in [2.24, 2.45) is 0 Å². The minimum Gasteiger partial charge on any atom is -0.399 e. The smallest absolute Gasteiger partial charge is 0.0346 e. The van der Waals surface area contributed by atoms with Gasteiger partial charge in [0.25, 0.3) is 0 Å². The van der Waals surface area contributed by atoms with E-state index in [2.05, 4.69) is 25.2 Å². The molecule has 0 amide bonds. The van der Waals surface area contributed by atoms with E-state index in [4.69, 9.17) is 5.73 Å². The summed E-state index contributed by atoms with van der Waals surface area (Å²) in [4.78, 5) is 0. The second kappa shape index (κ2) is 8.98. The van der Waals surface area contributed by atoms with E-state index in [1.807, 2.05) is 12.1 Å². The Kier molecular flexibility index (Phi) is 7.51. The van der Waals surface area contributed by atoms with Crippen LogP contribution in [0.25, 0.3) is 0 Å². The van der Waals surface area contributed by atoms with Gasteiger partial charge in [-0.25, -0.2) is 0 Å². The molecule has 0 aromatic heterocycles. The van der Waals surface area contributed by atoms with E-state index >= 15 is 0 Å². The first-order chi connectivity index (χ1) is 8.75. The zero-order valence-electron chi connectivity index (χ0n) is 12.0. The normalized spacial score (nSPS) is 10.8. The lowest BCUT2D eigenvalue weighted by Gasteiger charge is -2.09. The quantitative estimate of drug-likeness (QED) is 0.511. The van der Waals surface area contributed by atoms with Crippen molar-refractivity contribution in [3.63, 3.8) is 0 Å². The lowest BCUT2D eigenvalue weighted by atomic mass is 10.1. The standard InChI is InChI=1S/C16H28N2/c1-3-4-5-6-7-8-12-18-13-15-10-9-11-16(17)14(15)2/h9-11,18H,3-8,12-13,17H2,1-2H3. The monoisotopic (exact) mass is 248 g/mol. The SMILES string of the molecule is CCCCCCCCNCc1cccc(N)c1C. The lowest BCUT2D eigenvalue weighted by Crippen LogP contribution is -2.15. The van der Waals surface area contributed by atoms with E-state index in [1.54, 1.807) is 0 Å². The molecular weight excluding hydrogens is 220 g/mol. The van der Waals surface area contributed by atoms with E-state index in [-0.39, 0.29) is 0 Å². The van der Waals surface area contributed by atoms with Crippen LogP contribution in [-0.2, 0) is 6.54 Å². The number of unbranched alkanes of at least 4 members (excludes halogenated alkanes) is 5. The lowest BCUT2D eigenvalue weighted by molar-refractivity contribution is 0.571. The van der Waals surface area contributed by atoms with Gasteiger partial charge >= 0.3 is 0 Å². The van der Waals surface area contributed by atoms with E-state index in [0.29, 0.717) is 0 Å². The number of nitrogens with one attached hydrogen (secondary N) is 1. The molecule has 0 unspecified atom stereocenters. The molecule has 1 aromatic rings. The molecule has 0 bridgehead atoms. The average Bonchev–Trinajstić information content (AvgIpc) is 2.37. The summed E-state index contributed by atoms with van der Waals surface area (Å²) in [6.07, 6.45) is 8.12. The Morgan fingerprint density at radius 1 is 1.06 bits per heavy atom. The third-order valence-corrected chi connectivity index (χ3v) is 3.51. The number of nitrogen functional groups attached to an aromatic ring is 1. The zero-order chi connectivity index (χ0) is 13.2. The van der Waals surface area contributed by atoms with Crippen LogP contribution in [0.1, 0.15) is 56.6 Å². The molecular formula is C16H28N2. The zero-order valence-corrected chi connectivity index (χ0v) is 12.0. The number of rotatable bonds is 9. The van der Waals surface area contributed by atoms with Gasteiger partial charge < -0.3 is 11.1 Å². The van der Waals surface area contributed by atoms with Gasteiger partial charge in [-0.1, -0.05) is 51.2 Å². The maximum Gasteiger partial charge on any atom is 0.0346 e. The van der Waals surface area contributed by atoms with Crippen molar-refractivity contribution in [2.75, 3.05) is 12.3 Å². The summed E-state index contributed by atoms with van der Waals surface area (Å²) in [5, 5.41) is 3.51. The van der Waals surface area contributed by atoms with Crippen molar-refractivity contribution in [3.8, 4) is 0 Å². The van der Waals surface area contributed by atoms with Crippen molar-refractivity contribution in [2.45, 2.75) is 58.9 Å². The molecule has 18 heavy (non-hydrogen) atoms. The van der Waals surface area contributed by atoms with Gasteiger partial charge in [0.05, 0.1) is 0 Å². The Bertz CT molecular complexity index is 334. The largest absolute Gasteiger partial charge is 0.399 e. The van der Waals surface area contributed by atoms with Gasteiger partial charge in [0.1, 0.15) is 0 Å². The summed E-state index contributed by atoms with van der Waals surface area (Å²) in [7, 11) is 0. The summed E-state index contributed by atoms with van der Waals surface area (Å²) in [5.74, 6) is 0. The van der Waals surface area contributed by atoms with Crippen LogP contribution >= 0.6 is 0 Å². The second-order valence-electron chi connectivity index (χ2n) is 5.08. The molecule has 2 heteroatoms. The van der Waals surface area contributed by atoms with Crippen LogP contribution in [0, 0.1) is 6.92 Å². The number of anilines is 1. The fourth-order valence-electron chi connectivity index (χ4n) is 2.15. The van der Waals surface area contributed by atoms with Crippen LogP contribution in [0.4, 0.5) is 5.69 Å². The Labute approximate surface area is 112 Å². The molecule has 0 saturated carbocycles. The van der Waals surface area contributed by atoms with Crippen molar-refractivity contribution < 1.29 is 0 Å². The van der Waals surface area contributed by atoms with Gasteiger partial charge in [0.15, 0.2) is 0 Å². The van der Waals surface area contributed by atoms with E-state index in [9.17, 15) is 0 Å². The fourth-order valence-corrected chi connectivity index (χ4v) is 2.15. The van der Waals surface area contributed by atoms with Crippen LogP contribution in [0.3, 0.4) is 0 Å². The highest BCUT2D eigenvalue weighted by Gasteiger charge is 2.00. The number of hydrogen-bond donors (Lipinski definition) is 2. The molecule has 0 atom stereocenters. The van der Waals surface area contributed by atoms with Gasteiger partial charge in [-0.05, 0) is 37.1 Å². The molecule has 1 rings (SSSR count). The summed E-state index contributed by atoms with van der Waals surface area (Å²) >= 11 is 0. The molecule has 0 aliphatic heterocycles. The molecule has 0 aliphatic rings. The van der Waals surface area contributed by atoms with Crippen molar-refractivity contribution >= 4 is 5.69 Å². The van der Waals surface area contributed by atoms with Crippen LogP contribution in [0.15, 0.2) is 18.2 Å². The number of hydrogen-bond acceptors (Lipinski definition) is 2. The van der Waals surface area contributed by atoms with Crippen molar-refractivity contribution in [3.05, 3.63) is 29.3 Å². The molecule has 2 nitrogen and oxygen atoms in total. The third kappa shape index (κ3) is 5.54. The molecule has 0 saturated heterocycles. The third-order valence-electron chi connectivity index (χ3n) is 3.51. The maximum atomic E-state index is 5.89. The van der Waals surface area contributed by atoms with Crippen molar-refractivity contribution in [1.82, 2.24) is 5.32 Å². The van der Waals surface area contributed by atoms with Gasteiger partial charge in [-0.3, -0.25) is 0 Å². The highest BCUT2D eigenvalue weighted by atomic mass is 14.8. The van der Waals surface area contributed by atoms with Crippen LogP contribution in [0.5, 0.6) is 0 Å². The summed E-state index contributed by atoms with van der Waals surface area (Å²) in [5.41, 5.74) is 9.32. The van der Waals surface area contributed by atoms with Crippen LogP contribution < -0.4 is 11.1 Å². The first-order valence-electron chi connectivity index (χ1n) is 7.30. The van der Waals surface area contributed by atoms with Crippen LogP contribution in [-0.4, -0.2) is 6.54 Å². The highest BCUT2D eigenvalue weighted by Crippen LogP contribution is 2.15. The molecule has 102 valence electrons. The minimum absolute atomic E-state index is 0.897. The molecule has 0 aliphatic carbocycles. The second-order valence-corrected chi connectivity index (χ2v) is 5.08. The predicted molar refractivity (Wildman–Crippen MR) is 80.7 cm³/mol. The molecule has 3 N–H and O–H groups in total. The van der Waals surface area contributed by atoms with Gasteiger partial charge in [-0.2, -0.15) is 0 Å². The predicted octanol–water partition coefficient (Wildman–Crippen LogP) is 4.03. The van der Waals surface area contributed by atoms with E-state index in [0.717, 1.165) is 18.8 Å². The Morgan fingerprint density at radius 2 is 1.78 bits per heavy atom. The molecule has 0 heterocycles. The van der Waals surface area contributed by atoms with Crippen molar-refractivity contribution in [1.29, 1.82) is 0 Å². The fraction of sp³-hybridized carbons (Fsp3) is 0.625. The Hall–Kier alpha value is -1.02. The summed E-state index contributed by atoms with van der Waals surface area (Å²) in [6, 6.07) is 6.15. The summed E-state index contributed by atoms with van der Waals surface area (Å²) in [6.45, 7) is 6.40. The van der Waals surface area contributed by atoms with Gasteiger partial charge in [0.2, 0.25) is 0 Å². The summed E-state index contributed by atoms with van der Waals surface area (Å²) < 4.78 is 0. The van der Waals surface area contributed by atoms with Gasteiger partial charge in [0, 0.05) is 12.2 Å². The van der Waals surface area contributed by atoms with Crippen LogP contribution in [0.2, 0.25) is 0 Å². The number of benzene rings is 1. The van der Waals surface area contributed by atoms with E-state index in [1.165, 1.54) is 49.7 Å². The molecule has 0 spiro atoms. The van der Waals surface area contributed by atoms with E-state index < -0.39 is 0 Å². The topological polar surface area (TPSA) is 38.0 Å². The molecule has 1 aromatic carbocycles. The van der Waals surface area contributed by atoms with Gasteiger partial charge in [-0.15, -0.1) is 0 Å². The highest BCUT2D eigenvalue weighted by molar-refractivity contribution is 5.49. The average molecular weight is 248 g/mol. The number of nitrogens with two attached hydrogens (primary N) is 1. The Balaban J connectivity index is 2.09. The minimum atomic E-state index is 0.897. The maximum absolute atomic E-state index is 5.89. The molecule has 0 radical (unpaired) electrons. The first-order valence-corrected chi connectivity index (χ1v) is 7.30.